The molecule has 0 unspecified atom stereocenters. The number of nitrogens with one attached hydrogen (secondary N) is 2. The molecule has 2 aliphatic rings. The van der Waals surface area contributed by atoms with Crippen LogP contribution >= 0.6 is 0 Å². The number of hydrogen-bond donors (Lipinski definition) is 2. The number of methoxy groups -OCH3 is 2. The monoisotopic (exact) mass is 312 g/mol. The summed E-state index contributed by atoms with van der Waals surface area (Å²) in [5, 5.41) is 6.28. The molecule has 0 heterocycles. The molecule has 4 atom stereocenters. The molecule has 5 nitrogen and oxygen atoms in total. The highest BCUT2D eigenvalue weighted by molar-refractivity contribution is 5.74. The zero-order valence-corrected chi connectivity index (χ0v) is 14.1. The van der Waals surface area contributed by atoms with E-state index in [0.717, 1.165) is 38.5 Å². The Morgan fingerprint density at radius 2 is 1.14 bits per heavy atom. The van der Waals surface area contributed by atoms with E-state index in [1.807, 2.05) is 0 Å². The van der Waals surface area contributed by atoms with Crippen LogP contribution in [0, 0.1) is 0 Å². The zero-order valence-electron chi connectivity index (χ0n) is 14.1. The number of ether oxygens (including phenoxy) is 2. The van der Waals surface area contributed by atoms with Crippen LogP contribution in [0.25, 0.3) is 0 Å². The lowest BCUT2D eigenvalue weighted by atomic mass is 10.1. The summed E-state index contributed by atoms with van der Waals surface area (Å²) in [6.07, 6.45) is 11.5. The molecule has 22 heavy (non-hydrogen) atoms. The highest BCUT2D eigenvalue weighted by Crippen LogP contribution is 2.22. The van der Waals surface area contributed by atoms with Crippen LogP contribution in [0.15, 0.2) is 0 Å². The molecule has 0 aromatic rings. The largest absolute Gasteiger partial charge is 0.379 e. The van der Waals surface area contributed by atoms with Crippen LogP contribution in [0.5, 0.6) is 0 Å². The van der Waals surface area contributed by atoms with Crippen LogP contribution in [0.4, 0.5) is 4.79 Å². The lowest BCUT2D eigenvalue weighted by molar-refractivity contribution is 0.0589. The Kier molecular flexibility index (Phi) is 7.46. The lowest BCUT2D eigenvalue weighted by Crippen LogP contribution is -2.53. The second kappa shape index (κ2) is 9.36. The molecule has 0 bridgehead atoms. The molecule has 0 aliphatic heterocycles. The van der Waals surface area contributed by atoms with E-state index in [4.69, 9.17) is 9.47 Å². The van der Waals surface area contributed by atoms with Gasteiger partial charge in [0.2, 0.25) is 0 Å². The molecule has 0 radical (unpaired) electrons. The van der Waals surface area contributed by atoms with Crippen molar-refractivity contribution in [3.05, 3.63) is 0 Å². The minimum atomic E-state index is -0.0668. The zero-order chi connectivity index (χ0) is 15.8. The minimum absolute atomic E-state index is 0.0668. The van der Waals surface area contributed by atoms with E-state index in [1.54, 1.807) is 14.2 Å². The second-order valence-corrected chi connectivity index (χ2v) is 6.66. The van der Waals surface area contributed by atoms with Crippen LogP contribution in [-0.4, -0.2) is 44.5 Å². The summed E-state index contributed by atoms with van der Waals surface area (Å²) in [4.78, 5) is 12.4. The lowest BCUT2D eigenvalue weighted by Gasteiger charge is -2.28. The molecule has 2 saturated carbocycles. The van der Waals surface area contributed by atoms with Gasteiger partial charge in [-0.25, -0.2) is 4.79 Å². The van der Waals surface area contributed by atoms with Crippen molar-refractivity contribution < 1.29 is 14.3 Å². The highest BCUT2D eigenvalue weighted by atomic mass is 16.5. The predicted octanol–water partition coefficient (Wildman–Crippen LogP) is 2.98. The summed E-state index contributed by atoms with van der Waals surface area (Å²) in [6.45, 7) is 0. The Morgan fingerprint density at radius 3 is 1.55 bits per heavy atom. The summed E-state index contributed by atoms with van der Waals surface area (Å²) in [5.74, 6) is 0. The number of urea groups is 1. The fourth-order valence-corrected chi connectivity index (χ4v) is 3.82. The minimum Gasteiger partial charge on any atom is -0.379 e. The van der Waals surface area contributed by atoms with Crippen molar-refractivity contribution in [1.82, 2.24) is 10.6 Å². The van der Waals surface area contributed by atoms with E-state index in [-0.39, 0.29) is 30.3 Å². The van der Waals surface area contributed by atoms with E-state index < -0.39 is 0 Å². The van der Waals surface area contributed by atoms with Gasteiger partial charge in [-0.2, -0.15) is 0 Å². The molecule has 2 amide bonds. The van der Waals surface area contributed by atoms with Gasteiger partial charge in [-0.05, 0) is 25.7 Å². The topological polar surface area (TPSA) is 59.6 Å². The average molecular weight is 312 g/mol. The SMILES string of the molecule is CO[C@H]1CCCCC[C@H]1NC(=O)N[C@H]1CCCCC[C@H]1OC. The van der Waals surface area contributed by atoms with Crippen molar-refractivity contribution in [1.29, 1.82) is 0 Å². The summed E-state index contributed by atoms with van der Waals surface area (Å²) in [5.41, 5.74) is 0. The molecule has 128 valence electrons. The molecule has 2 rings (SSSR count). The maximum absolute atomic E-state index is 12.4. The van der Waals surface area contributed by atoms with Crippen LogP contribution in [0.1, 0.15) is 64.2 Å². The Morgan fingerprint density at radius 1 is 0.727 bits per heavy atom. The van der Waals surface area contributed by atoms with Crippen LogP contribution < -0.4 is 10.6 Å². The van der Waals surface area contributed by atoms with Gasteiger partial charge in [0.05, 0.1) is 24.3 Å². The van der Waals surface area contributed by atoms with E-state index in [9.17, 15) is 4.79 Å². The third-order valence-corrected chi connectivity index (χ3v) is 5.14. The average Bonchev–Trinajstić information content (AvgIpc) is 2.87. The van der Waals surface area contributed by atoms with Gasteiger partial charge in [-0.1, -0.05) is 38.5 Å². The molecular formula is C17H32N2O3. The smallest absolute Gasteiger partial charge is 0.315 e. The molecule has 0 aromatic carbocycles. The van der Waals surface area contributed by atoms with Crippen molar-refractivity contribution in [3.63, 3.8) is 0 Å². The molecule has 2 fully saturated rings. The van der Waals surface area contributed by atoms with Crippen molar-refractivity contribution in [2.75, 3.05) is 14.2 Å². The quantitative estimate of drug-likeness (QED) is 0.785. The number of hydrogen-bond acceptors (Lipinski definition) is 3. The normalized spacial score (nSPS) is 33.5. The standard InChI is InChI=1S/C17H32N2O3/c1-21-15-11-7-3-5-9-13(15)18-17(20)19-14-10-6-4-8-12-16(14)22-2/h13-16H,3-12H2,1-2H3,(H2,18,19,20)/t13-,14+,15+,16-. The molecule has 0 spiro atoms. The van der Waals surface area contributed by atoms with E-state index in [0.29, 0.717) is 0 Å². The predicted molar refractivity (Wildman–Crippen MR) is 87.0 cm³/mol. The number of rotatable bonds is 4. The van der Waals surface area contributed by atoms with Gasteiger partial charge in [0.25, 0.3) is 0 Å². The Balaban J connectivity index is 1.87. The van der Waals surface area contributed by atoms with Crippen LogP contribution in [-0.2, 0) is 9.47 Å². The van der Waals surface area contributed by atoms with Crippen molar-refractivity contribution in [2.24, 2.45) is 0 Å². The first-order valence-corrected chi connectivity index (χ1v) is 8.87. The van der Waals surface area contributed by atoms with Gasteiger partial charge >= 0.3 is 6.03 Å². The Bertz CT molecular complexity index is 308. The van der Waals surface area contributed by atoms with Gasteiger partial charge in [0, 0.05) is 14.2 Å². The Hall–Kier alpha value is -0.810. The molecule has 0 aromatic heterocycles. The molecule has 2 aliphatic carbocycles. The van der Waals surface area contributed by atoms with Crippen LogP contribution in [0.2, 0.25) is 0 Å². The molecule has 5 heteroatoms. The van der Waals surface area contributed by atoms with Crippen LogP contribution in [0.3, 0.4) is 0 Å². The summed E-state index contributed by atoms with van der Waals surface area (Å²) >= 11 is 0. The number of carbonyl (C=O) groups excluding carboxylic acids is 1. The van der Waals surface area contributed by atoms with Gasteiger partial charge in [-0.3, -0.25) is 0 Å². The molecule has 0 saturated heterocycles. The first-order valence-electron chi connectivity index (χ1n) is 8.87. The van der Waals surface area contributed by atoms with Gasteiger partial charge in [0.15, 0.2) is 0 Å². The number of carbonyl (C=O) groups is 1. The van der Waals surface area contributed by atoms with E-state index in [1.165, 1.54) is 25.7 Å². The van der Waals surface area contributed by atoms with E-state index >= 15 is 0 Å². The van der Waals surface area contributed by atoms with Crippen molar-refractivity contribution in [2.45, 2.75) is 88.5 Å². The number of amides is 2. The fraction of sp³-hybridized carbons (Fsp3) is 0.941. The second-order valence-electron chi connectivity index (χ2n) is 6.66. The van der Waals surface area contributed by atoms with Gasteiger partial charge < -0.3 is 20.1 Å². The molecule has 2 N–H and O–H groups in total. The highest BCUT2D eigenvalue weighted by Gasteiger charge is 2.28. The first kappa shape index (κ1) is 17.5. The van der Waals surface area contributed by atoms with Gasteiger partial charge in [-0.15, -0.1) is 0 Å². The maximum atomic E-state index is 12.4. The molecular weight excluding hydrogens is 280 g/mol. The van der Waals surface area contributed by atoms with Crippen molar-refractivity contribution >= 4 is 6.03 Å². The maximum Gasteiger partial charge on any atom is 0.315 e. The third kappa shape index (κ3) is 5.13. The van der Waals surface area contributed by atoms with Crippen molar-refractivity contribution in [3.8, 4) is 0 Å². The summed E-state index contributed by atoms with van der Waals surface area (Å²) < 4.78 is 11.1. The fourth-order valence-electron chi connectivity index (χ4n) is 3.82. The summed E-state index contributed by atoms with van der Waals surface area (Å²) in [6, 6.07) is 0.182. The summed E-state index contributed by atoms with van der Waals surface area (Å²) in [7, 11) is 3.49. The van der Waals surface area contributed by atoms with E-state index in [2.05, 4.69) is 10.6 Å². The van der Waals surface area contributed by atoms with Gasteiger partial charge in [0.1, 0.15) is 0 Å². The Labute approximate surface area is 134 Å². The first-order chi connectivity index (χ1) is 10.7. The third-order valence-electron chi connectivity index (χ3n) is 5.14.